The Morgan fingerprint density at radius 1 is 1.03 bits per heavy atom. The molecule has 1 aromatic carbocycles. The van der Waals surface area contributed by atoms with Crippen LogP contribution in [0.1, 0.15) is 36.0 Å². The van der Waals surface area contributed by atoms with E-state index < -0.39 is 0 Å². The molecule has 1 aliphatic heterocycles. The van der Waals surface area contributed by atoms with Crippen molar-refractivity contribution in [1.29, 1.82) is 0 Å². The van der Waals surface area contributed by atoms with Crippen molar-refractivity contribution in [3.05, 3.63) is 60.4 Å². The number of carbonyl (C=O) groups is 1. The van der Waals surface area contributed by atoms with E-state index in [0.29, 0.717) is 6.04 Å². The Balaban J connectivity index is 1.39. The summed E-state index contributed by atoms with van der Waals surface area (Å²) < 4.78 is 0. The molecule has 5 rings (SSSR count). The third-order valence-corrected chi connectivity index (χ3v) is 6.10. The van der Waals surface area contributed by atoms with Crippen LogP contribution < -0.4 is 5.32 Å². The number of nitrogens with zero attached hydrogens (tertiary/aromatic N) is 3. The quantitative estimate of drug-likeness (QED) is 0.722. The molecule has 1 saturated carbocycles. The molecule has 5 nitrogen and oxygen atoms in total. The van der Waals surface area contributed by atoms with E-state index in [1.54, 1.807) is 12.4 Å². The Hall–Kier alpha value is -2.79. The lowest BCUT2D eigenvalue weighted by atomic mass is 10.0. The van der Waals surface area contributed by atoms with Gasteiger partial charge in [-0.3, -0.25) is 9.78 Å². The third kappa shape index (κ3) is 4.01. The largest absolute Gasteiger partial charge is 0.339 e. The van der Waals surface area contributed by atoms with E-state index in [9.17, 15) is 4.79 Å². The molecular weight excluding hydrogens is 360 g/mol. The molecule has 1 amide bonds. The van der Waals surface area contributed by atoms with Gasteiger partial charge in [0.2, 0.25) is 0 Å². The Labute approximate surface area is 171 Å². The summed E-state index contributed by atoms with van der Waals surface area (Å²) in [5, 5.41) is 4.61. The molecule has 2 fully saturated rings. The van der Waals surface area contributed by atoms with Crippen molar-refractivity contribution in [3.63, 3.8) is 0 Å². The van der Waals surface area contributed by atoms with E-state index in [-0.39, 0.29) is 5.91 Å². The van der Waals surface area contributed by atoms with Gasteiger partial charge in [-0.05, 0) is 62.4 Å². The zero-order valence-corrected chi connectivity index (χ0v) is 16.6. The van der Waals surface area contributed by atoms with E-state index in [1.165, 1.54) is 12.8 Å². The molecule has 29 heavy (non-hydrogen) atoms. The van der Waals surface area contributed by atoms with Crippen LogP contribution in [-0.2, 0) is 0 Å². The highest BCUT2D eigenvalue weighted by Crippen LogP contribution is 2.29. The van der Waals surface area contributed by atoms with Crippen LogP contribution in [0.4, 0.5) is 0 Å². The van der Waals surface area contributed by atoms with Crippen molar-refractivity contribution < 1.29 is 4.79 Å². The Morgan fingerprint density at radius 3 is 2.55 bits per heavy atom. The number of fused-ring (bicyclic) bond motifs is 1. The Bertz CT molecular complexity index is 1010. The molecule has 5 heteroatoms. The number of amides is 1. The Morgan fingerprint density at radius 2 is 1.79 bits per heavy atom. The highest BCUT2D eigenvalue weighted by atomic mass is 16.2. The van der Waals surface area contributed by atoms with Crippen molar-refractivity contribution in [2.75, 3.05) is 19.6 Å². The molecule has 0 bridgehead atoms. The number of aromatic nitrogens is 2. The highest BCUT2D eigenvalue weighted by molar-refractivity contribution is 6.07. The minimum absolute atomic E-state index is 0.111. The lowest BCUT2D eigenvalue weighted by molar-refractivity contribution is 0.0707. The zero-order valence-electron chi connectivity index (χ0n) is 16.6. The number of carbonyl (C=O) groups excluding carboxylic acids is 1. The van der Waals surface area contributed by atoms with Gasteiger partial charge < -0.3 is 10.2 Å². The first-order valence-electron chi connectivity index (χ1n) is 10.6. The summed E-state index contributed by atoms with van der Waals surface area (Å²) in [4.78, 5) is 24.3. The van der Waals surface area contributed by atoms with Crippen LogP contribution in [0.2, 0.25) is 0 Å². The molecule has 3 aromatic rings. The molecule has 3 heterocycles. The summed E-state index contributed by atoms with van der Waals surface area (Å²) in [5.41, 5.74) is 3.39. The molecule has 2 aromatic heterocycles. The molecule has 1 saturated heterocycles. The summed E-state index contributed by atoms with van der Waals surface area (Å²) in [6.07, 6.45) is 8.32. The second-order valence-corrected chi connectivity index (χ2v) is 8.23. The monoisotopic (exact) mass is 386 g/mol. The van der Waals surface area contributed by atoms with Gasteiger partial charge in [0.05, 0.1) is 16.8 Å². The average Bonchev–Trinajstić information content (AvgIpc) is 3.62. The van der Waals surface area contributed by atoms with Gasteiger partial charge in [0.25, 0.3) is 5.91 Å². The average molecular weight is 386 g/mol. The molecule has 0 unspecified atom stereocenters. The maximum atomic E-state index is 13.4. The van der Waals surface area contributed by atoms with Gasteiger partial charge in [0.1, 0.15) is 0 Å². The molecule has 1 aliphatic carbocycles. The van der Waals surface area contributed by atoms with Crippen LogP contribution in [0.3, 0.4) is 0 Å². The standard InChI is InChI=1S/C24H26N4O/c29-24(28-13-9-19(10-14-28)26-16-17-5-6-17)21-15-23(18-7-11-25-12-8-18)27-22-4-2-1-3-20(21)22/h1-4,7-8,11-12,15,17,19,26H,5-6,9-10,13-14,16H2. The fraction of sp³-hybridized carbons (Fsp3) is 0.375. The lowest BCUT2D eigenvalue weighted by Gasteiger charge is -2.33. The number of hydrogen-bond acceptors (Lipinski definition) is 4. The van der Waals surface area contributed by atoms with E-state index in [0.717, 1.165) is 66.1 Å². The minimum Gasteiger partial charge on any atom is -0.339 e. The normalized spacial score (nSPS) is 17.6. The van der Waals surface area contributed by atoms with Gasteiger partial charge in [-0.1, -0.05) is 18.2 Å². The maximum Gasteiger partial charge on any atom is 0.254 e. The van der Waals surface area contributed by atoms with Gasteiger partial charge in [-0.25, -0.2) is 4.98 Å². The van der Waals surface area contributed by atoms with E-state index in [4.69, 9.17) is 4.98 Å². The number of rotatable bonds is 5. The maximum absolute atomic E-state index is 13.4. The second kappa shape index (κ2) is 7.91. The van der Waals surface area contributed by atoms with Crippen molar-refractivity contribution in [2.45, 2.75) is 31.7 Å². The summed E-state index contributed by atoms with van der Waals surface area (Å²) in [6.45, 7) is 2.76. The number of benzene rings is 1. The van der Waals surface area contributed by atoms with Crippen molar-refractivity contribution in [1.82, 2.24) is 20.2 Å². The third-order valence-electron chi connectivity index (χ3n) is 6.10. The van der Waals surface area contributed by atoms with Crippen molar-refractivity contribution >= 4 is 16.8 Å². The first-order valence-corrected chi connectivity index (χ1v) is 10.6. The molecule has 0 spiro atoms. The van der Waals surface area contributed by atoms with Crippen LogP contribution >= 0.6 is 0 Å². The first kappa shape index (κ1) is 18.3. The van der Waals surface area contributed by atoms with Gasteiger partial charge >= 0.3 is 0 Å². The van der Waals surface area contributed by atoms with E-state index in [2.05, 4.69) is 10.3 Å². The molecule has 2 aliphatic rings. The zero-order chi connectivity index (χ0) is 19.6. The fourth-order valence-electron chi connectivity index (χ4n) is 4.14. The van der Waals surface area contributed by atoms with Crippen LogP contribution in [-0.4, -0.2) is 46.5 Å². The Kier molecular flexibility index (Phi) is 4.98. The van der Waals surface area contributed by atoms with E-state index >= 15 is 0 Å². The van der Waals surface area contributed by atoms with Crippen LogP contribution in [0.25, 0.3) is 22.2 Å². The summed E-state index contributed by atoms with van der Waals surface area (Å²) in [5.74, 6) is 1.00. The van der Waals surface area contributed by atoms with Crippen molar-refractivity contribution in [3.8, 4) is 11.3 Å². The predicted octanol–water partition coefficient (Wildman–Crippen LogP) is 3.90. The first-order chi connectivity index (χ1) is 14.3. The molecular formula is C24H26N4O. The number of nitrogens with one attached hydrogen (secondary N) is 1. The van der Waals surface area contributed by atoms with Crippen LogP contribution in [0.5, 0.6) is 0 Å². The van der Waals surface area contributed by atoms with E-state index in [1.807, 2.05) is 47.4 Å². The van der Waals surface area contributed by atoms with Gasteiger partial charge in [0.15, 0.2) is 0 Å². The van der Waals surface area contributed by atoms with Gasteiger partial charge in [-0.2, -0.15) is 0 Å². The summed E-state index contributed by atoms with van der Waals surface area (Å²) in [6, 6.07) is 14.3. The number of para-hydroxylation sites is 1. The smallest absolute Gasteiger partial charge is 0.254 e. The topological polar surface area (TPSA) is 58.1 Å². The second-order valence-electron chi connectivity index (χ2n) is 8.23. The molecule has 0 radical (unpaired) electrons. The summed E-state index contributed by atoms with van der Waals surface area (Å²) in [7, 11) is 0. The van der Waals surface area contributed by atoms with Gasteiger partial charge in [-0.15, -0.1) is 0 Å². The number of hydrogen-bond donors (Lipinski definition) is 1. The predicted molar refractivity (Wildman–Crippen MR) is 115 cm³/mol. The molecule has 1 N–H and O–H groups in total. The van der Waals surface area contributed by atoms with Crippen LogP contribution in [0.15, 0.2) is 54.9 Å². The fourth-order valence-corrected chi connectivity index (χ4v) is 4.14. The summed E-state index contributed by atoms with van der Waals surface area (Å²) >= 11 is 0. The van der Waals surface area contributed by atoms with Crippen molar-refractivity contribution in [2.24, 2.45) is 5.92 Å². The molecule has 0 atom stereocenters. The number of piperidine rings is 1. The highest BCUT2D eigenvalue weighted by Gasteiger charge is 2.27. The number of pyridine rings is 2. The van der Waals surface area contributed by atoms with Gasteiger partial charge in [0, 0.05) is 42.5 Å². The van der Waals surface area contributed by atoms with Crippen LogP contribution in [0, 0.1) is 5.92 Å². The SMILES string of the molecule is O=C(c1cc(-c2ccncc2)nc2ccccc12)N1CCC(NCC2CC2)CC1. The molecule has 148 valence electrons. The number of likely N-dealkylation sites (tertiary alicyclic amines) is 1. The lowest BCUT2D eigenvalue weighted by Crippen LogP contribution is -2.45. The minimum atomic E-state index is 0.111.